The molecule has 0 atom stereocenters. The molecule has 0 unspecified atom stereocenters. The second-order valence-corrected chi connectivity index (χ2v) is 4.67. The van der Waals surface area contributed by atoms with E-state index in [0.29, 0.717) is 11.3 Å². The predicted molar refractivity (Wildman–Crippen MR) is 61.3 cm³/mol. The molecule has 1 aliphatic rings. The number of carbonyl (C=O) groups is 1. The second-order valence-electron chi connectivity index (χ2n) is 4.11. The summed E-state index contributed by atoms with van der Waals surface area (Å²) in [6.07, 6.45) is 4.85. The third-order valence-corrected chi connectivity index (χ3v) is 4.12. The number of rotatable bonds is 3. The van der Waals surface area contributed by atoms with Crippen molar-refractivity contribution < 1.29 is 9.21 Å². The van der Waals surface area contributed by atoms with Crippen LogP contribution in [0.1, 0.15) is 35.4 Å². The number of hydrogen-bond acceptors (Lipinski definition) is 2. The van der Waals surface area contributed by atoms with Gasteiger partial charge < -0.3 is 9.73 Å². The Morgan fingerprint density at radius 1 is 1.67 bits per heavy atom. The molecule has 1 aromatic rings. The molecule has 15 heavy (non-hydrogen) atoms. The molecular formula is C11H14BrNO2. The van der Waals surface area contributed by atoms with Gasteiger partial charge in [-0.25, -0.2) is 0 Å². The van der Waals surface area contributed by atoms with E-state index in [1.54, 1.807) is 19.3 Å². The van der Waals surface area contributed by atoms with Gasteiger partial charge in [-0.1, -0.05) is 15.9 Å². The van der Waals surface area contributed by atoms with Gasteiger partial charge in [0.05, 0.1) is 17.4 Å². The quantitative estimate of drug-likeness (QED) is 0.859. The fourth-order valence-corrected chi connectivity index (χ4v) is 2.53. The zero-order valence-electron chi connectivity index (χ0n) is 8.68. The van der Waals surface area contributed by atoms with Crippen LogP contribution in [0, 0.1) is 6.92 Å². The maximum Gasteiger partial charge on any atom is 0.255 e. The van der Waals surface area contributed by atoms with Crippen LogP contribution in [0.4, 0.5) is 0 Å². The van der Waals surface area contributed by atoms with Crippen molar-refractivity contribution in [1.29, 1.82) is 0 Å². The van der Waals surface area contributed by atoms with Crippen molar-refractivity contribution >= 4 is 21.8 Å². The van der Waals surface area contributed by atoms with Crippen LogP contribution in [0.5, 0.6) is 0 Å². The molecule has 0 aliphatic heterocycles. The molecule has 0 spiro atoms. The van der Waals surface area contributed by atoms with Crippen molar-refractivity contribution in [3.63, 3.8) is 0 Å². The number of carbonyl (C=O) groups excluding carboxylic acids is 1. The first-order chi connectivity index (χ1) is 7.17. The number of aryl methyl sites for hydroxylation is 1. The van der Waals surface area contributed by atoms with Gasteiger partial charge >= 0.3 is 0 Å². The number of hydrogen-bond donors (Lipinski definition) is 1. The highest BCUT2D eigenvalue weighted by Gasteiger charge is 2.37. The Kier molecular flexibility index (Phi) is 2.87. The summed E-state index contributed by atoms with van der Waals surface area (Å²) in [5.74, 6) is 0.650. The zero-order chi connectivity index (χ0) is 10.9. The van der Waals surface area contributed by atoms with E-state index in [-0.39, 0.29) is 11.4 Å². The average molecular weight is 272 g/mol. The van der Waals surface area contributed by atoms with E-state index in [2.05, 4.69) is 21.2 Å². The first-order valence-electron chi connectivity index (χ1n) is 5.09. The van der Waals surface area contributed by atoms with Crippen molar-refractivity contribution in [1.82, 2.24) is 5.32 Å². The molecule has 0 saturated heterocycles. The summed E-state index contributed by atoms with van der Waals surface area (Å²) in [5.41, 5.74) is 0.614. The molecule has 1 saturated carbocycles. The summed E-state index contributed by atoms with van der Waals surface area (Å²) in [5, 5.41) is 3.90. The van der Waals surface area contributed by atoms with E-state index in [1.807, 2.05) is 0 Å². The molecule has 4 heteroatoms. The highest BCUT2D eigenvalue weighted by molar-refractivity contribution is 9.09. The first-order valence-corrected chi connectivity index (χ1v) is 6.22. The minimum atomic E-state index is -0.0274. The van der Waals surface area contributed by atoms with Crippen LogP contribution in [0.15, 0.2) is 16.7 Å². The van der Waals surface area contributed by atoms with Crippen LogP contribution in [0.25, 0.3) is 0 Å². The van der Waals surface area contributed by atoms with Crippen molar-refractivity contribution in [2.24, 2.45) is 0 Å². The van der Waals surface area contributed by atoms with Gasteiger partial charge in [-0.05, 0) is 32.3 Å². The van der Waals surface area contributed by atoms with Crippen LogP contribution in [0.3, 0.4) is 0 Å². The molecule has 1 aliphatic carbocycles. The molecule has 1 amide bonds. The van der Waals surface area contributed by atoms with Crippen molar-refractivity contribution in [3.8, 4) is 0 Å². The van der Waals surface area contributed by atoms with Crippen LogP contribution in [-0.2, 0) is 0 Å². The van der Waals surface area contributed by atoms with E-state index in [9.17, 15) is 4.79 Å². The largest absolute Gasteiger partial charge is 0.469 e. The minimum absolute atomic E-state index is 0.0270. The Morgan fingerprint density at radius 2 is 2.40 bits per heavy atom. The van der Waals surface area contributed by atoms with Crippen LogP contribution in [0.2, 0.25) is 0 Å². The number of furan rings is 1. The van der Waals surface area contributed by atoms with Crippen LogP contribution < -0.4 is 5.32 Å². The zero-order valence-corrected chi connectivity index (χ0v) is 10.3. The molecule has 0 aromatic carbocycles. The lowest BCUT2D eigenvalue weighted by Crippen LogP contribution is -2.54. The Morgan fingerprint density at radius 3 is 2.80 bits per heavy atom. The second kappa shape index (κ2) is 4.00. The van der Waals surface area contributed by atoms with Crippen molar-refractivity contribution in [3.05, 3.63) is 23.7 Å². The smallest absolute Gasteiger partial charge is 0.255 e. The fraction of sp³-hybridized carbons (Fsp3) is 0.545. The third-order valence-electron chi connectivity index (χ3n) is 3.05. The molecule has 0 radical (unpaired) electrons. The van der Waals surface area contributed by atoms with Gasteiger partial charge in [0.1, 0.15) is 5.76 Å². The van der Waals surface area contributed by atoms with Crippen LogP contribution in [-0.4, -0.2) is 16.8 Å². The van der Waals surface area contributed by atoms with Gasteiger partial charge in [-0.2, -0.15) is 0 Å². The van der Waals surface area contributed by atoms with E-state index >= 15 is 0 Å². The lowest BCUT2D eigenvalue weighted by molar-refractivity contribution is 0.0855. The molecule has 1 fully saturated rings. The summed E-state index contributed by atoms with van der Waals surface area (Å²) in [7, 11) is 0. The van der Waals surface area contributed by atoms with Gasteiger partial charge in [0.25, 0.3) is 5.91 Å². The summed E-state index contributed by atoms with van der Waals surface area (Å²) in [6.45, 7) is 1.80. The number of alkyl halides is 1. The normalized spacial score (nSPS) is 18.3. The fourth-order valence-electron chi connectivity index (χ4n) is 1.82. The lowest BCUT2D eigenvalue weighted by Gasteiger charge is -2.41. The summed E-state index contributed by atoms with van der Waals surface area (Å²) < 4.78 is 5.11. The van der Waals surface area contributed by atoms with E-state index in [0.717, 1.165) is 18.2 Å². The van der Waals surface area contributed by atoms with Crippen LogP contribution >= 0.6 is 15.9 Å². The van der Waals surface area contributed by atoms with E-state index in [4.69, 9.17) is 4.42 Å². The average Bonchev–Trinajstić information content (AvgIpc) is 2.58. The van der Waals surface area contributed by atoms with Gasteiger partial charge in [-0.15, -0.1) is 0 Å². The minimum Gasteiger partial charge on any atom is -0.469 e. The molecule has 1 aromatic heterocycles. The van der Waals surface area contributed by atoms with Gasteiger partial charge in [-0.3, -0.25) is 4.79 Å². The third kappa shape index (κ3) is 1.95. The number of nitrogens with one attached hydrogen (secondary N) is 1. The SMILES string of the molecule is Cc1occc1C(=O)NC1(CBr)CCC1. The maximum absolute atomic E-state index is 11.9. The Hall–Kier alpha value is -0.770. The van der Waals surface area contributed by atoms with Crippen molar-refractivity contribution in [2.75, 3.05) is 5.33 Å². The highest BCUT2D eigenvalue weighted by Crippen LogP contribution is 2.33. The Labute approximate surface area is 97.4 Å². The highest BCUT2D eigenvalue weighted by atomic mass is 79.9. The molecular weight excluding hydrogens is 258 g/mol. The van der Waals surface area contributed by atoms with Crippen molar-refractivity contribution in [2.45, 2.75) is 31.7 Å². The van der Waals surface area contributed by atoms with Gasteiger partial charge in [0.2, 0.25) is 0 Å². The van der Waals surface area contributed by atoms with E-state index < -0.39 is 0 Å². The number of halogens is 1. The number of amides is 1. The van der Waals surface area contributed by atoms with Gasteiger partial charge in [0, 0.05) is 5.33 Å². The molecule has 1 heterocycles. The Bertz CT molecular complexity index is 363. The maximum atomic E-state index is 11.9. The summed E-state index contributed by atoms with van der Waals surface area (Å²) >= 11 is 3.46. The lowest BCUT2D eigenvalue weighted by atomic mass is 9.78. The predicted octanol–water partition coefficient (Wildman–Crippen LogP) is 2.64. The monoisotopic (exact) mass is 271 g/mol. The summed E-state index contributed by atoms with van der Waals surface area (Å²) in [4.78, 5) is 11.9. The topological polar surface area (TPSA) is 42.2 Å². The standard InChI is InChI=1S/C11H14BrNO2/c1-8-9(3-6-15-8)10(14)13-11(7-12)4-2-5-11/h3,6H,2,4-5,7H2,1H3,(H,13,14). The van der Waals surface area contributed by atoms with E-state index in [1.165, 1.54) is 6.42 Å². The van der Waals surface area contributed by atoms with Gasteiger partial charge in [0.15, 0.2) is 0 Å². The molecule has 82 valence electrons. The molecule has 1 N–H and O–H groups in total. The molecule has 3 nitrogen and oxygen atoms in total. The molecule has 0 bridgehead atoms. The molecule has 2 rings (SSSR count). The summed E-state index contributed by atoms with van der Waals surface area (Å²) in [6, 6.07) is 1.71. The Balaban J connectivity index is 2.07. The first kappa shape index (κ1) is 10.7.